The van der Waals surface area contributed by atoms with Gasteiger partial charge in [-0.05, 0) is 29.6 Å². The lowest BCUT2D eigenvalue weighted by molar-refractivity contribution is -0.124. The molecule has 1 saturated heterocycles. The highest BCUT2D eigenvalue weighted by Crippen LogP contribution is 2.42. The fourth-order valence-electron chi connectivity index (χ4n) is 3.13. The van der Waals surface area contributed by atoms with Gasteiger partial charge in [-0.25, -0.2) is 0 Å². The van der Waals surface area contributed by atoms with Crippen LogP contribution in [0.25, 0.3) is 0 Å². The quantitative estimate of drug-likeness (QED) is 0.671. The second-order valence-electron chi connectivity index (χ2n) is 6.31. The van der Waals surface area contributed by atoms with Gasteiger partial charge in [0, 0.05) is 36.2 Å². The van der Waals surface area contributed by atoms with Gasteiger partial charge in [0.1, 0.15) is 11.4 Å². The first-order valence-electron chi connectivity index (χ1n) is 8.91. The number of pyridine rings is 1. The normalized spacial score (nSPS) is 18.9. The second-order valence-corrected chi connectivity index (χ2v) is 8.37. The maximum atomic E-state index is 13.1. The van der Waals surface area contributed by atoms with Crippen LogP contribution in [0.15, 0.2) is 64.9 Å². The minimum Gasteiger partial charge on any atom is -0.472 e. The van der Waals surface area contributed by atoms with E-state index in [4.69, 9.17) is 4.42 Å². The number of carbonyl (C=O) groups is 2. The third kappa shape index (κ3) is 3.98. The molecule has 144 valence electrons. The highest BCUT2D eigenvalue weighted by atomic mass is 32.2. The highest BCUT2D eigenvalue weighted by Gasteiger charge is 2.43. The lowest BCUT2D eigenvalue weighted by atomic mass is 10.2. The molecule has 1 aliphatic heterocycles. The van der Waals surface area contributed by atoms with Crippen LogP contribution in [-0.4, -0.2) is 40.0 Å². The Balaban J connectivity index is 1.48. The van der Waals surface area contributed by atoms with E-state index in [-0.39, 0.29) is 17.2 Å². The van der Waals surface area contributed by atoms with Crippen molar-refractivity contribution in [3.05, 3.63) is 76.6 Å². The number of hydrogen-bond donors (Lipinski definition) is 1. The number of hydrogen-bond acceptors (Lipinski definition) is 6. The lowest BCUT2D eigenvalue weighted by Gasteiger charge is -2.28. The molecule has 1 N–H and O–H groups in total. The largest absolute Gasteiger partial charge is 0.472 e. The summed E-state index contributed by atoms with van der Waals surface area (Å²) >= 11 is 2.96. The number of nitrogens with zero attached hydrogens (tertiary/aromatic N) is 2. The van der Waals surface area contributed by atoms with Crippen molar-refractivity contribution in [1.29, 1.82) is 0 Å². The summed E-state index contributed by atoms with van der Waals surface area (Å²) in [6.07, 6.45) is 5.61. The summed E-state index contributed by atoms with van der Waals surface area (Å²) in [7, 11) is 0. The topological polar surface area (TPSA) is 75.4 Å². The van der Waals surface area contributed by atoms with Crippen molar-refractivity contribution in [3.63, 3.8) is 0 Å². The maximum absolute atomic E-state index is 13.1. The van der Waals surface area contributed by atoms with Crippen LogP contribution in [0, 0.1) is 0 Å². The van der Waals surface area contributed by atoms with Crippen LogP contribution in [0.3, 0.4) is 0 Å². The van der Waals surface area contributed by atoms with Gasteiger partial charge in [-0.15, -0.1) is 23.1 Å². The summed E-state index contributed by atoms with van der Waals surface area (Å²) in [5.41, 5.74) is 1.81. The molecule has 2 unspecified atom stereocenters. The standard InChI is InChI=1S/C20H19N3O3S2/c24-18(22-9-6-15-4-1-2-8-21-15)16-13-28-20(14-7-10-26-12-14)23(16)19(25)17-5-3-11-27-17/h1-5,7-8,10-12,16,20H,6,9,13H2,(H,22,24). The van der Waals surface area contributed by atoms with Gasteiger partial charge in [-0.2, -0.15) is 0 Å². The predicted octanol–water partition coefficient (Wildman–Crippen LogP) is 3.35. The zero-order valence-corrected chi connectivity index (χ0v) is 16.6. The van der Waals surface area contributed by atoms with Crippen LogP contribution in [-0.2, 0) is 11.2 Å². The van der Waals surface area contributed by atoms with Crippen LogP contribution in [0.2, 0.25) is 0 Å². The SMILES string of the molecule is O=C(NCCc1ccccn1)C1CSC(c2ccoc2)N1C(=O)c1cccs1. The molecule has 8 heteroatoms. The van der Waals surface area contributed by atoms with Crippen molar-refractivity contribution < 1.29 is 14.0 Å². The monoisotopic (exact) mass is 413 g/mol. The average molecular weight is 414 g/mol. The van der Waals surface area contributed by atoms with Gasteiger partial charge in [0.15, 0.2) is 0 Å². The first-order valence-corrected chi connectivity index (χ1v) is 10.8. The predicted molar refractivity (Wildman–Crippen MR) is 109 cm³/mol. The molecule has 0 spiro atoms. The molecule has 1 aliphatic rings. The molecule has 6 nitrogen and oxygen atoms in total. The van der Waals surface area contributed by atoms with E-state index in [1.165, 1.54) is 11.3 Å². The Morgan fingerprint density at radius 2 is 2.18 bits per heavy atom. The number of rotatable bonds is 6. The maximum Gasteiger partial charge on any atom is 0.265 e. The van der Waals surface area contributed by atoms with Crippen LogP contribution in [0.5, 0.6) is 0 Å². The van der Waals surface area contributed by atoms with Crippen LogP contribution in [0.4, 0.5) is 0 Å². The van der Waals surface area contributed by atoms with Crippen molar-refractivity contribution >= 4 is 34.9 Å². The van der Waals surface area contributed by atoms with Gasteiger partial charge in [0.2, 0.25) is 5.91 Å². The van der Waals surface area contributed by atoms with Gasteiger partial charge in [0.05, 0.1) is 17.4 Å². The molecule has 4 rings (SSSR count). The molecule has 3 aromatic heterocycles. The molecule has 0 aromatic carbocycles. The van der Waals surface area contributed by atoms with Crippen molar-refractivity contribution in [1.82, 2.24) is 15.2 Å². The second kappa shape index (κ2) is 8.62. The fraction of sp³-hybridized carbons (Fsp3) is 0.250. The van der Waals surface area contributed by atoms with Crippen molar-refractivity contribution in [2.24, 2.45) is 0 Å². The Morgan fingerprint density at radius 1 is 1.25 bits per heavy atom. The van der Waals surface area contributed by atoms with Crippen molar-refractivity contribution in [2.45, 2.75) is 17.8 Å². The number of furan rings is 1. The van der Waals surface area contributed by atoms with Gasteiger partial charge in [-0.3, -0.25) is 14.6 Å². The summed E-state index contributed by atoms with van der Waals surface area (Å²) in [6.45, 7) is 0.481. The van der Waals surface area contributed by atoms with E-state index in [1.54, 1.807) is 41.5 Å². The van der Waals surface area contributed by atoms with Gasteiger partial charge in [0.25, 0.3) is 5.91 Å². The molecule has 2 atom stereocenters. The highest BCUT2D eigenvalue weighted by molar-refractivity contribution is 7.99. The number of carbonyl (C=O) groups excluding carboxylic acids is 2. The minimum absolute atomic E-state index is 0.129. The third-order valence-corrected chi connectivity index (χ3v) is 6.69. The first-order chi connectivity index (χ1) is 13.7. The molecule has 3 aromatic rings. The van der Waals surface area contributed by atoms with Crippen molar-refractivity contribution in [2.75, 3.05) is 12.3 Å². The molecule has 2 amide bonds. The number of aromatic nitrogens is 1. The van der Waals surface area contributed by atoms with Gasteiger partial charge in [-0.1, -0.05) is 12.1 Å². The summed E-state index contributed by atoms with van der Waals surface area (Å²) in [5, 5.41) is 4.59. The number of thioether (sulfide) groups is 1. The molecular weight excluding hydrogens is 394 g/mol. The number of amides is 2. The van der Waals surface area contributed by atoms with E-state index in [0.717, 1.165) is 11.3 Å². The minimum atomic E-state index is -0.525. The summed E-state index contributed by atoms with van der Waals surface area (Å²) in [5.74, 6) is 0.276. The Hall–Kier alpha value is -2.58. The Morgan fingerprint density at radius 3 is 2.89 bits per heavy atom. The Bertz CT molecular complexity index is 914. The Labute approximate surface area is 171 Å². The number of thiophene rings is 1. The molecule has 0 bridgehead atoms. The Kier molecular flexibility index (Phi) is 5.78. The molecule has 4 heterocycles. The van der Waals surface area contributed by atoms with Crippen LogP contribution < -0.4 is 5.32 Å². The lowest BCUT2D eigenvalue weighted by Crippen LogP contribution is -2.48. The molecule has 1 fully saturated rings. The summed E-state index contributed by atoms with van der Waals surface area (Å²) < 4.78 is 5.20. The van der Waals surface area contributed by atoms with E-state index >= 15 is 0 Å². The zero-order chi connectivity index (χ0) is 19.3. The smallest absolute Gasteiger partial charge is 0.265 e. The van der Waals surface area contributed by atoms with E-state index < -0.39 is 6.04 Å². The van der Waals surface area contributed by atoms with Crippen molar-refractivity contribution in [3.8, 4) is 0 Å². The van der Waals surface area contributed by atoms with Crippen LogP contribution in [0.1, 0.15) is 26.3 Å². The fourth-order valence-corrected chi connectivity index (χ4v) is 5.21. The molecular formula is C20H19N3O3S2. The summed E-state index contributed by atoms with van der Waals surface area (Å²) in [4.78, 5) is 32.6. The number of nitrogens with one attached hydrogen (secondary N) is 1. The van der Waals surface area contributed by atoms with E-state index in [0.29, 0.717) is 23.6 Å². The zero-order valence-electron chi connectivity index (χ0n) is 15.0. The third-order valence-electron chi connectivity index (χ3n) is 4.50. The van der Waals surface area contributed by atoms with Gasteiger partial charge >= 0.3 is 0 Å². The van der Waals surface area contributed by atoms with E-state index in [2.05, 4.69) is 10.3 Å². The molecule has 28 heavy (non-hydrogen) atoms. The van der Waals surface area contributed by atoms with E-state index in [1.807, 2.05) is 35.7 Å². The van der Waals surface area contributed by atoms with Crippen LogP contribution >= 0.6 is 23.1 Å². The molecule has 0 aliphatic carbocycles. The average Bonchev–Trinajstić information content (AvgIpc) is 3.49. The van der Waals surface area contributed by atoms with Gasteiger partial charge < -0.3 is 14.6 Å². The first kappa shape index (κ1) is 18.8. The summed E-state index contributed by atoms with van der Waals surface area (Å²) in [6, 6.07) is 10.7. The molecule has 0 saturated carbocycles. The molecule has 0 radical (unpaired) electrons. The van der Waals surface area contributed by atoms with E-state index in [9.17, 15) is 9.59 Å².